The molecule has 84 valence electrons. The van der Waals surface area contributed by atoms with Crippen LogP contribution in [0.15, 0.2) is 23.0 Å². The molecule has 6 heteroatoms. The third-order valence-electron chi connectivity index (χ3n) is 2.32. The maximum atomic E-state index is 11.7. The molecule has 0 aliphatic carbocycles. The van der Waals surface area contributed by atoms with Crippen LogP contribution in [0.25, 0.3) is 10.2 Å². The molecule has 5 nitrogen and oxygen atoms in total. The molecule has 0 N–H and O–H groups in total. The van der Waals surface area contributed by atoms with E-state index in [4.69, 9.17) is 0 Å². The lowest BCUT2D eigenvalue weighted by Gasteiger charge is -2.06. The Labute approximate surface area is 95.1 Å². The van der Waals surface area contributed by atoms with Gasteiger partial charge in [-0.3, -0.25) is 19.5 Å². The second-order valence-electron chi connectivity index (χ2n) is 3.74. The Kier molecular flexibility index (Phi) is 2.51. The molecule has 0 saturated heterocycles. The third-order valence-corrected chi connectivity index (χ3v) is 3.24. The van der Waals surface area contributed by atoms with Gasteiger partial charge in [-0.2, -0.15) is 0 Å². The Morgan fingerprint density at radius 3 is 2.69 bits per heavy atom. The molecule has 0 atom stereocenters. The van der Waals surface area contributed by atoms with E-state index in [1.54, 1.807) is 10.6 Å². The third kappa shape index (κ3) is 1.61. The normalized spacial score (nSPS) is 11.2. The predicted molar refractivity (Wildman–Crippen MR) is 63.1 cm³/mol. The number of hydrogen-bond donors (Lipinski definition) is 0. The topological polar surface area (TPSA) is 65.1 Å². The largest absolute Gasteiger partial charge is 0.308 e. The molecule has 0 saturated carbocycles. The van der Waals surface area contributed by atoms with Gasteiger partial charge in [-0.15, -0.1) is 0 Å². The van der Waals surface area contributed by atoms with Gasteiger partial charge in [0.1, 0.15) is 0 Å². The minimum Gasteiger partial charge on any atom is -0.296 e. The van der Waals surface area contributed by atoms with Crippen molar-refractivity contribution < 1.29 is 4.92 Å². The molecular weight excluding hydrogens is 228 g/mol. The van der Waals surface area contributed by atoms with Crippen LogP contribution in [-0.4, -0.2) is 9.49 Å². The molecule has 2 aromatic rings. The number of non-ortho nitro benzene ring substituents is 1. The number of nitro groups is 1. The van der Waals surface area contributed by atoms with Gasteiger partial charge in [0.2, 0.25) is 0 Å². The van der Waals surface area contributed by atoms with Crippen molar-refractivity contribution >= 4 is 27.2 Å². The van der Waals surface area contributed by atoms with Crippen LogP contribution in [0.2, 0.25) is 0 Å². The molecular formula is C10H10N2O3S. The highest BCUT2D eigenvalue weighted by Gasteiger charge is 2.13. The van der Waals surface area contributed by atoms with E-state index < -0.39 is 4.92 Å². The quantitative estimate of drug-likeness (QED) is 0.596. The summed E-state index contributed by atoms with van der Waals surface area (Å²) in [7, 11) is 0. The van der Waals surface area contributed by atoms with Crippen molar-refractivity contribution in [2.75, 3.05) is 0 Å². The number of nitrogens with zero attached hydrogens (tertiary/aromatic N) is 2. The van der Waals surface area contributed by atoms with E-state index in [0.717, 1.165) is 16.9 Å². The number of hydrogen-bond acceptors (Lipinski definition) is 4. The van der Waals surface area contributed by atoms with Gasteiger partial charge in [0.05, 0.1) is 15.1 Å². The van der Waals surface area contributed by atoms with Gasteiger partial charge in [0.15, 0.2) is 0 Å². The van der Waals surface area contributed by atoms with Crippen LogP contribution in [-0.2, 0) is 0 Å². The molecule has 0 unspecified atom stereocenters. The Balaban J connectivity index is 2.75. The maximum absolute atomic E-state index is 11.7. The monoisotopic (exact) mass is 238 g/mol. The van der Waals surface area contributed by atoms with Crippen LogP contribution in [0.3, 0.4) is 0 Å². The standard InChI is InChI=1S/C10H10N2O3S/c1-6(2)11-8-4-3-7(12(14)15)5-9(8)16-10(11)13/h3-6H,1-2H3. The lowest BCUT2D eigenvalue weighted by Crippen LogP contribution is -2.14. The minimum absolute atomic E-state index is 0.0182. The summed E-state index contributed by atoms with van der Waals surface area (Å²) >= 11 is 1.04. The molecule has 1 heterocycles. The Morgan fingerprint density at radius 1 is 1.44 bits per heavy atom. The average molecular weight is 238 g/mol. The first-order chi connectivity index (χ1) is 7.50. The van der Waals surface area contributed by atoms with Crippen LogP contribution in [0, 0.1) is 10.1 Å². The highest BCUT2D eigenvalue weighted by Crippen LogP contribution is 2.24. The highest BCUT2D eigenvalue weighted by molar-refractivity contribution is 7.16. The highest BCUT2D eigenvalue weighted by atomic mass is 32.1. The molecule has 0 aliphatic heterocycles. The lowest BCUT2D eigenvalue weighted by atomic mass is 10.3. The Hall–Kier alpha value is -1.69. The van der Waals surface area contributed by atoms with Crippen molar-refractivity contribution in [2.24, 2.45) is 0 Å². The van der Waals surface area contributed by atoms with Crippen molar-refractivity contribution in [1.29, 1.82) is 0 Å². The average Bonchev–Trinajstić information content (AvgIpc) is 2.51. The zero-order chi connectivity index (χ0) is 11.9. The lowest BCUT2D eigenvalue weighted by molar-refractivity contribution is -0.384. The van der Waals surface area contributed by atoms with E-state index in [2.05, 4.69) is 0 Å². The molecule has 16 heavy (non-hydrogen) atoms. The number of benzene rings is 1. The molecule has 2 rings (SSSR count). The summed E-state index contributed by atoms with van der Waals surface area (Å²) in [6.45, 7) is 3.82. The first-order valence-corrected chi connectivity index (χ1v) is 5.62. The van der Waals surface area contributed by atoms with Crippen molar-refractivity contribution in [3.63, 3.8) is 0 Å². The summed E-state index contributed by atoms with van der Waals surface area (Å²) in [4.78, 5) is 21.7. The van der Waals surface area contributed by atoms with Gasteiger partial charge in [-0.25, -0.2) is 0 Å². The van der Waals surface area contributed by atoms with Gasteiger partial charge >= 0.3 is 4.87 Å². The zero-order valence-corrected chi connectivity index (χ0v) is 9.65. The summed E-state index contributed by atoms with van der Waals surface area (Å²) in [5.41, 5.74) is 0.778. The fourth-order valence-electron chi connectivity index (χ4n) is 1.63. The molecule has 0 aliphatic rings. The van der Waals surface area contributed by atoms with Crippen molar-refractivity contribution in [3.05, 3.63) is 38.0 Å². The number of nitro benzene ring substituents is 1. The number of fused-ring (bicyclic) bond motifs is 1. The second kappa shape index (κ2) is 3.71. The number of thiazole rings is 1. The number of aromatic nitrogens is 1. The smallest absolute Gasteiger partial charge is 0.296 e. The van der Waals surface area contributed by atoms with Crippen LogP contribution < -0.4 is 4.87 Å². The molecule has 0 radical (unpaired) electrons. The van der Waals surface area contributed by atoms with Gasteiger partial charge in [0.25, 0.3) is 5.69 Å². The molecule has 0 spiro atoms. The van der Waals surface area contributed by atoms with E-state index in [1.165, 1.54) is 12.1 Å². The van der Waals surface area contributed by atoms with Gasteiger partial charge in [0, 0.05) is 18.2 Å². The Bertz CT molecular complexity index is 612. The van der Waals surface area contributed by atoms with Gasteiger partial charge < -0.3 is 0 Å². The molecule has 0 amide bonds. The van der Waals surface area contributed by atoms with Gasteiger partial charge in [-0.05, 0) is 19.9 Å². The number of rotatable bonds is 2. The molecule has 0 bridgehead atoms. The summed E-state index contributed by atoms with van der Waals surface area (Å²) in [5.74, 6) is 0. The van der Waals surface area contributed by atoms with Crippen LogP contribution in [0.1, 0.15) is 19.9 Å². The van der Waals surface area contributed by atoms with Crippen molar-refractivity contribution in [2.45, 2.75) is 19.9 Å². The van der Waals surface area contributed by atoms with Crippen LogP contribution >= 0.6 is 11.3 Å². The second-order valence-corrected chi connectivity index (χ2v) is 4.73. The fraction of sp³-hybridized carbons (Fsp3) is 0.300. The summed E-state index contributed by atoms with van der Waals surface area (Å²) in [6.07, 6.45) is 0. The van der Waals surface area contributed by atoms with Crippen LogP contribution in [0.4, 0.5) is 5.69 Å². The van der Waals surface area contributed by atoms with Crippen molar-refractivity contribution in [1.82, 2.24) is 4.57 Å². The minimum atomic E-state index is -0.455. The van der Waals surface area contributed by atoms with Gasteiger partial charge in [-0.1, -0.05) is 11.3 Å². The molecule has 0 fully saturated rings. The summed E-state index contributed by atoms with van der Waals surface area (Å²) in [5, 5.41) is 10.6. The van der Waals surface area contributed by atoms with E-state index >= 15 is 0 Å². The SMILES string of the molecule is CC(C)n1c(=O)sc2cc([N+](=O)[O-])ccc21. The van der Waals surface area contributed by atoms with E-state index in [0.29, 0.717) is 4.70 Å². The Morgan fingerprint density at radius 2 is 2.12 bits per heavy atom. The van der Waals surface area contributed by atoms with E-state index in [-0.39, 0.29) is 16.6 Å². The zero-order valence-electron chi connectivity index (χ0n) is 8.84. The van der Waals surface area contributed by atoms with E-state index in [9.17, 15) is 14.9 Å². The fourth-order valence-corrected chi connectivity index (χ4v) is 2.67. The van der Waals surface area contributed by atoms with Crippen molar-refractivity contribution in [3.8, 4) is 0 Å². The van der Waals surface area contributed by atoms with Crippen LogP contribution in [0.5, 0.6) is 0 Å². The predicted octanol–water partition coefficient (Wildman–Crippen LogP) is 2.55. The summed E-state index contributed by atoms with van der Waals surface area (Å²) in [6, 6.07) is 4.56. The molecule has 1 aromatic carbocycles. The summed E-state index contributed by atoms with van der Waals surface area (Å²) < 4.78 is 2.30. The molecule has 1 aromatic heterocycles. The maximum Gasteiger partial charge on any atom is 0.308 e. The first kappa shape index (κ1) is 10.8. The van der Waals surface area contributed by atoms with E-state index in [1.807, 2.05) is 13.8 Å². The first-order valence-electron chi connectivity index (χ1n) is 4.80.